The van der Waals surface area contributed by atoms with Gasteiger partial charge in [-0.25, -0.2) is 0 Å². The van der Waals surface area contributed by atoms with Gasteiger partial charge in [-0.05, 0) is 41.3 Å². The molecule has 0 spiro atoms. The van der Waals surface area contributed by atoms with Gasteiger partial charge in [-0.2, -0.15) is 0 Å². The Morgan fingerprint density at radius 1 is 1.03 bits per heavy atom. The van der Waals surface area contributed by atoms with Crippen LogP contribution >= 0.6 is 12.4 Å². The monoisotopic (exact) mass is 413 g/mol. The number of imide groups is 1. The van der Waals surface area contributed by atoms with Crippen LogP contribution in [0.15, 0.2) is 36.4 Å². The van der Waals surface area contributed by atoms with Gasteiger partial charge in [0.15, 0.2) is 0 Å². The van der Waals surface area contributed by atoms with Gasteiger partial charge < -0.3 is 10.6 Å². The maximum atomic E-state index is 12.6. The lowest BCUT2D eigenvalue weighted by atomic mass is 10.0. The van der Waals surface area contributed by atoms with Crippen molar-refractivity contribution in [1.82, 2.24) is 15.5 Å². The molecular formula is C22H24ClN3O3. The van der Waals surface area contributed by atoms with Crippen LogP contribution < -0.4 is 10.6 Å². The summed E-state index contributed by atoms with van der Waals surface area (Å²) in [5, 5.41) is 6.20. The van der Waals surface area contributed by atoms with E-state index in [4.69, 9.17) is 0 Å². The fourth-order valence-electron chi connectivity index (χ4n) is 3.69. The lowest BCUT2D eigenvalue weighted by Crippen LogP contribution is -2.30. The number of rotatable bonds is 6. The van der Waals surface area contributed by atoms with Crippen molar-refractivity contribution >= 4 is 30.1 Å². The molecule has 2 aromatic carbocycles. The molecule has 4 rings (SSSR count). The van der Waals surface area contributed by atoms with E-state index < -0.39 is 0 Å². The van der Waals surface area contributed by atoms with Gasteiger partial charge in [0.05, 0.1) is 11.1 Å². The van der Waals surface area contributed by atoms with Gasteiger partial charge in [0.25, 0.3) is 17.7 Å². The molecule has 0 fully saturated rings. The largest absolute Gasteiger partial charge is 0.348 e. The maximum absolute atomic E-state index is 12.6. The summed E-state index contributed by atoms with van der Waals surface area (Å²) in [4.78, 5) is 38.8. The van der Waals surface area contributed by atoms with Crippen LogP contribution in [0, 0.1) is 0 Å². The Labute approximate surface area is 176 Å². The van der Waals surface area contributed by atoms with E-state index in [0.29, 0.717) is 29.8 Å². The average Bonchev–Trinajstić information content (AvgIpc) is 3.27. The second-order valence-electron chi connectivity index (χ2n) is 7.27. The predicted octanol–water partition coefficient (Wildman–Crippen LogP) is 3.04. The summed E-state index contributed by atoms with van der Waals surface area (Å²) in [5.41, 5.74) is 4.68. The Morgan fingerprint density at radius 3 is 2.59 bits per heavy atom. The lowest BCUT2D eigenvalue weighted by molar-refractivity contribution is 0.0652. The van der Waals surface area contributed by atoms with Crippen LogP contribution in [0.3, 0.4) is 0 Å². The van der Waals surface area contributed by atoms with Crippen LogP contribution in [0.25, 0.3) is 0 Å². The normalized spacial score (nSPS) is 14.4. The van der Waals surface area contributed by atoms with Gasteiger partial charge in [-0.3, -0.25) is 19.3 Å². The van der Waals surface area contributed by atoms with Crippen molar-refractivity contribution in [3.63, 3.8) is 0 Å². The van der Waals surface area contributed by atoms with E-state index in [2.05, 4.69) is 22.8 Å². The second-order valence-corrected chi connectivity index (χ2v) is 7.27. The van der Waals surface area contributed by atoms with Crippen molar-refractivity contribution in [2.24, 2.45) is 0 Å². The first-order valence-corrected chi connectivity index (χ1v) is 9.68. The molecule has 2 heterocycles. The van der Waals surface area contributed by atoms with Gasteiger partial charge in [-0.15, -0.1) is 12.4 Å². The summed E-state index contributed by atoms with van der Waals surface area (Å²) in [6.07, 6.45) is 1.68. The molecule has 0 saturated heterocycles. The number of carbonyl (C=O) groups is 3. The predicted molar refractivity (Wildman–Crippen MR) is 112 cm³/mol. The van der Waals surface area contributed by atoms with Gasteiger partial charge in [0, 0.05) is 31.7 Å². The minimum Gasteiger partial charge on any atom is -0.348 e. The number of carbonyl (C=O) groups excluding carboxylic acids is 3. The first-order valence-electron chi connectivity index (χ1n) is 9.68. The maximum Gasteiger partial charge on any atom is 0.261 e. The second kappa shape index (κ2) is 8.76. The zero-order valence-corrected chi connectivity index (χ0v) is 17.1. The van der Waals surface area contributed by atoms with Crippen molar-refractivity contribution in [3.05, 3.63) is 69.8 Å². The highest BCUT2D eigenvalue weighted by molar-refractivity contribution is 6.22. The molecule has 2 N–H and O–H groups in total. The zero-order chi connectivity index (χ0) is 19.7. The molecule has 0 atom stereocenters. The Morgan fingerprint density at radius 2 is 1.79 bits per heavy atom. The average molecular weight is 414 g/mol. The van der Waals surface area contributed by atoms with E-state index in [1.54, 1.807) is 12.1 Å². The number of amides is 3. The van der Waals surface area contributed by atoms with Crippen LogP contribution in [-0.2, 0) is 19.6 Å². The van der Waals surface area contributed by atoms with Gasteiger partial charge in [0.1, 0.15) is 0 Å². The molecule has 2 aromatic rings. The van der Waals surface area contributed by atoms with Crippen molar-refractivity contribution in [2.45, 2.75) is 39.4 Å². The molecule has 6 nitrogen and oxygen atoms in total. The Hall–Kier alpha value is -2.70. The van der Waals surface area contributed by atoms with Crippen LogP contribution in [-0.4, -0.2) is 29.2 Å². The highest BCUT2D eigenvalue weighted by atomic mass is 35.5. The molecule has 0 saturated carbocycles. The third-order valence-electron chi connectivity index (χ3n) is 5.32. The molecular weight excluding hydrogens is 390 g/mol. The minimum atomic E-state index is -0.311. The molecule has 2 aliphatic rings. The fourth-order valence-corrected chi connectivity index (χ4v) is 3.69. The fraction of sp³-hybridized carbons (Fsp3) is 0.318. The molecule has 152 valence electrons. The summed E-state index contributed by atoms with van der Waals surface area (Å²) >= 11 is 0. The van der Waals surface area contributed by atoms with Crippen molar-refractivity contribution in [3.8, 4) is 0 Å². The number of benzene rings is 2. The summed E-state index contributed by atoms with van der Waals surface area (Å²) in [6, 6.07) is 10.9. The quantitative estimate of drug-likeness (QED) is 0.713. The molecule has 0 aromatic heterocycles. The Balaban J connectivity index is 0.00000240. The summed E-state index contributed by atoms with van der Waals surface area (Å²) in [5.74, 6) is -0.838. The third kappa shape index (κ3) is 4.04. The van der Waals surface area contributed by atoms with Crippen LogP contribution in [0.1, 0.15) is 67.5 Å². The lowest BCUT2D eigenvalue weighted by Gasteiger charge is -2.12. The number of hydrogen-bond donors (Lipinski definition) is 2. The topological polar surface area (TPSA) is 78.5 Å². The smallest absolute Gasteiger partial charge is 0.261 e. The number of nitrogens with zero attached hydrogens (tertiary/aromatic N) is 1. The Bertz CT molecular complexity index is 974. The van der Waals surface area contributed by atoms with E-state index in [9.17, 15) is 14.4 Å². The molecule has 2 aliphatic heterocycles. The van der Waals surface area contributed by atoms with E-state index >= 15 is 0 Å². The van der Waals surface area contributed by atoms with Gasteiger partial charge in [0.2, 0.25) is 0 Å². The molecule has 29 heavy (non-hydrogen) atoms. The number of halogens is 1. The first kappa shape index (κ1) is 21.0. The van der Waals surface area contributed by atoms with Crippen molar-refractivity contribution in [1.29, 1.82) is 0 Å². The first-order chi connectivity index (χ1) is 13.6. The number of unbranched alkanes of at least 4 members (excludes halogenated alkanes) is 1. The van der Waals surface area contributed by atoms with E-state index in [1.165, 1.54) is 22.1 Å². The molecule has 0 aliphatic carbocycles. The minimum absolute atomic E-state index is 0. The highest BCUT2D eigenvalue weighted by Crippen LogP contribution is 2.24. The number of nitrogens with one attached hydrogen (secondary N) is 2. The van der Waals surface area contributed by atoms with E-state index in [0.717, 1.165) is 31.5 Å². The third-order valence-corrected chi connectivity index (χ3v) is 5.32. The highest BCUT2D eigenvalue weighted by Gasteiger charge is 2.35. The Kier molecular flexibility index (Phi) is 6.35. The SMILES string of the molecule is CCCCN1C(=O)c2ccc(C(=O)NCc3ccc4c(c3)CNC4)cc2C1=O.Cl. The summed E-state index contributed by atoms with van der Waals surface area (Å²) in [6.45, 7) is 4.58. The molecule has 0 unspecified atom stereocenters. The van der Waals surface area contributed by atoms with Crippen LogP contribution in [0.5, 0.6) is 0 Å². The number of hydrogen-bond acceptors (Lipinski definition) is 4. The molecule has 0 bridgehead atoms. The zero-order valence-electron chi connectivity index (χ0n) is 16.3. The molecule has 0 radical (unpaired) electrons. The van der Waals surface area contributed by atoms with Gasteiger partial charge >= 0.3 is 0 Å². The van der Waals surface area contributed by atoms with Gasteiger partial charge in [-0.1, -0.05) is 31.5 Å². The van der Waals surface area contributed by atoms with E-state index in [-0.39, 0.29) is 30.1 Å². The standard InChI is InChI=1S/C22H23N3O3.ClH/c1-2-3-8-25-21(27)18-7-6-15(10-19(18)22(25)28)20(26)24-11-14-4-5-16-12-23-13-17(16)9-14;/h4-7,9-10,23H,2-3,8,11-13H2,1H3,(H,24,26);1H. The summed E-state index contributed by atoms with van der Waals surface area (Å²) < 4.78 is 0. The summed E-state index contributed by atoms with van der Waals surface area (Å²) in [7, 11) is 0. The number of fused-ring (bicyclic) bond motifs is 2. The molecule has 7 heteroatoms. The van der Waals surface area contributed by atoms with Crippen LogP contribution in [0.4, 0.5) is 0 Å². The molecule has 3 amide bonds. The van der Waals surface area contributed by atoms with E-state index in [1.807, 2.05) is 13.0 Å². The van der Waals surface area contributed by atoms with Crippen molar-refractivity contribution < 1.29 is 14.4 Å². The van der Waals surface area contributed by atoms with Crippen molar-refractivity contribution in [2.75, 3.05) is 6.54 Å². The van der Waals surface area contributed by atoms with Crippen LogP contribution in [0.2, 0.25) is 0 Å².